The number of hydrogen-bond donors (Lipinski definition) is 1. The lowest BCUT2D eigenvalue weighted by Gasteiger charge is -2.22. The van der Waals surface area contributed by atoms with Crippen molar-refractivity contribution in [2.45, 2.75) is 32.9 Å². The van der Waals surface area contributed by atoms with Crippen molar-refractivity contribution in [3.05, 3.63) is 23.8 Å². The molecule has 1 N–H and O–H groups in total. The van der Waals surface area contributed by atoms with E-state index in [-0.39, 0.29) is 12.3 Å². The highest BCUT2D eigenvalue weighted by Crippen LogP contribution is 2.31. The summed E-state index contributed by atoms with van der Waals surface area (Å²) >= 11 is 0. The minimum atomic E-state index is 0.0571. The number of benzene rings is 1. The SMILES string of the molecule is COCOc1c(CNC(C)(C)C)cccc1OC. The van der Waals surface area contributed by atoms with Gasteiger partial charge in [0.1, 0.15) is 0 Å². The average molecular weight is 253 g/mol. The van der Waals surface area contributed by atoms with Crippen LogP contribution < -0.4 is 14.8 Å². The highest BCUT2D eigenvalue weighted by Gasteiger charge is 2.14. The molecule has 0 atom stereocenters. The Morgan fingerprint density at radius 1 is 1.17 bits per heavy atom. The molecule has 0 aromatic heterocycles. The van der Waals surface area contributed by atoms with Gasteiger partial charge in [0.15, 0.2) is 18.3 Å². The molecule has 0 fully saturated rings. The molecule has 0 aliphatic heterocycles. The van der Waals surface area contributed by atoms with E-state index in [9.17, 15) is 0 Å². The van der Waals surface area contributed by atoms with Crippen LogP contribution in [0, 0.1) is 0 Å². The van der Waals surface area contributed by atoms with Gasteiger partial charge in [0, 0.05) is 24.8 Å². The van der Waals surface area contributed by atoms with Gasteiger partial charge in [0.05, 0.1) is 7.11 Å². The molecular formula is C14H23NO3. The fraction of sp³-hybridized carbons (Fsp3) is 0.571. The van der Waals surface area contributed by atoms with Crippen LogP contribution in [-0.2, 0) is 11.3 Å². The third-order valence-corrected chi connectivity index (χ3v) is 2.41. The first kappa shape index (κ1) is 14.8. The van der Waals surface area contributed by atoms with Crippen LogP contribution in [0.3, 0.4) is 0 Å². The second-order valence-corrected chi connectivity index (χ2v) is 5.10. The first-order valence-electron chi connectivity index (χ1n) is 6.00. The summed E-state index contributed by atoms with van der Waals surface area (Å²) in [7, 11) is 3.23. The zero-order chi connectivity index (χ0) is 13.6. The zero-order valence-corrected chi connectivity index (χ0v) is 11.9. The fourth-order valence-electron chi connectivity index (χ4n) is 1.50. The van der Waals surface area contributed by atoms with Crippen LogP contribution >= 0.6 is 0 Å². The molecule has 18 heavy (non-hydrogen) atoms. The Labute approximate surface area is 109 Å². The largest absolute Gasteiger partial charge is 0.493 e. The number of nitrogens with one attached hydrogen (secondary N) is 1. The van der Waals surface area contributed by atoms with Crippen LogP contribution in [0.25, 0.3) is 0 Å². The maximum Gasteiger partial charge on any atom is 0.188 e. The van der Waals surface area contributed by atoms with Crippen molar-refractivity contribution in [2.75, 3.05) is 21.0 Å². The number of para-hydroxylation sites is 1. The fourth-order valence-corrected chi connectivity index (χ4v) is 1.50. The summed E-state index contributed by atoms with van der Waals surface area (Å²) in [4.78, 5) is 0. The van der Waals surface area contributed by atoms with E-state index in [1.54, 1.807) is 14.2 Å². The van der Waals surface area contributed by atoms with Crippen LogP contribution in [0.2, 0.25) is 0 Å². The summed E-state index contributed by atoms with van der Waals surface area (Å²) in [6, 6.07) is 5.86. The zero-order valence-electron chi connectivity index (χ0n) is 11.9. The van der Waals surface area contributed by atoms with Crippen LogP contribution in [0.4, 0.5) is 0 Å². The summed E-state index contributed by atoms with van der Waals surface area (Å²) in [6.45, 7) is 7.32. The quantitative estimate of drug-likeness (QED) is 0.791. The van der Waals surface area contributed by atoms with Gasteiger partial charge in [-0.15, -0.1) is 0 Å². The van der Waals surface area contributed by atoms with Gasteiger partial charge >= 0.3 is 0 Å². The predicted octanol–water partition coefficient (Wildman–Crippen LogP) is 2.57. The molecule has 102 valence electrons. The van der Waals surface area contributed by atoms with Crippen molar-refractivity contribution in [1.82, 2.24) is 5.32 Å². The number of rotatable bonds is 6. The minimum Gasteiger partial charge on any atom is -0.493 e. The lowest BCUT2D eigenvalue weighted by Crippen LogP contribution is -2.35. The molecule has 1 aromatic carbocycles. The van der Waals surface area contributed by atoms with Gasteiger partial charge < -0.3 is 19.5 Å². The molecule has 4 nitrogen and oxygen atoms in total. The van der Waals surface area contributed by atoms with Crippen molar-refractivity contribution in [2.24, 2.45) is 0 Å². The Morgan fingerprint density at radius 3 is 2.44 bits per heavy atom. The summed E-state index contributed by atoms with van der Waals surface area (Å²) in [5, 5.41) is 3.43. The van der Waals surface area contributed by atoms with Crippen molar-refractivity contribution >= 4 is 0 Å². The first-order valence-corrected chi connectivity index (χ1v) is 6.00. The number of ether oxygens (including phenoxy) is 3. The van der Waals surface area contributed by atoms with E-state index >= 15 is 0 Å². The van der Waals surface area contributed by atoms with E-state index in [0.717, 1.165) is 23.6 Å². The molecule has 0 heterocycles. The molecule has 0 saturated heterocycles. The topological polar surface area (TPSA) is 39.7 Å². The van der Waals surface area contributed by atoms with Gasteiger partial charge in [-0.2, -0.15) is 0 Å². The van der Waals surface area contributed by atoms with Crippen molar-refractivity contribution < 1.29 is 14.2 Å². The van der Waals surface area contributed by atoms with E-state index in [2.05, 4.69) is 26.1 Å². The summed E-state index contributed by atoms with van der Waals surface area (Å²) in [6.07, 6.45) is 0. The maximum absolute atomic E-state index is 5.59. The predicted molar refractivity (Wildman–Crippen MR) is 72.1 cm³/mol. The van der Waals surface area contributed by atoms with Crippen LogP contribution in [0.1, 0.15) is 26.3 Å². The normalized spacial score (nSPS) is 11.4. The maximum atomic E-state index is 5.59. The molecule has 1 aromatic rings. The second kappa shape index (κ2) is 6.61. The van der Waals surface area contributed by atoms with E-state index in [1.165, 1.54) is 0 Å². The molecule has 4 heteroatoms. The van der Waals surface area contributed by atoms with Gasteiger partial charge in [-0.25, -0.2) is 0 Å². The lowest BCUT2D eigenvalue weighted by atomic mass is 10.1. The second-order valence-electron chi connectivity index (χ2n) is 5.10. The van der Waals surface area contributed by atoms with E-state index in [4.69, 9.17) is 14.2 Å². The summed E-state index contributed by atoms with van der Waals surface area (Å²) < 4.78 is 15.8. The Kier molecular flexibility index (Phi) is 5.44. The van der Waals surface area contributed by atoms with Crippen molar-refractivity contribution in [3.8, 4) is 11.5 Å². The standard InChI is InChI=1S/C14H23NO3/c1-14(2,3)15-9-11-7-6-8-12(17-5)13(11)18-10-16-4/h6-8,15H,9-10H2,1-5H3. The smallest absolute Gasteiger partial charge is 0.188 e. The number of hydrogen-bond acceptors (Lipinski definition) is 4. The third-order valence-electron chi connectivity index (χ3n) is 2.41. The summed E-state index contributed by atoms with van der Waals surface area (Å²) in [5.41, 5.74) is 1.11. The Morgan fingerprint density at radius 2 is 1.89 bits per heavy atom. The van der Waals surface area contributed by atoms with E-state index in [0.29, 0.717) is 0 Å². The Balaban J connectivity index is 2.87. The molecule has 1 rings (SSSR count). The Bertz CT molecular complexity index is 372. The molecule has 0 saturated carbocycles. The monoisotopic (exact) mass is 253 g/mol. The van der Waals surface area contributed by atoms with Crippen LogP contribution in [-0.4, -0.2) is 26.6 Å². The van der Waals surface area contributed by atoms with Gasteiger partial charge in [0.2, 0.25) is 0 Å². The molecular weight excluding hydrogens is 230 g/mol. The minimum absolute atomic E-state index is 0.0571. The summed E-state index contributed by atoms with van der Waals surface area (Å²) in [5.74, 6) is 1.46. The van der Waals surface area contributed by atoms with E-state index < -0.39 is 0 Å². The molecule has 0 aliphatic rings. The molecule has 0 unspecified atom stereocenters. The molecule has 0 amide bonds. The molecule has 0 spiro atoms. The Hall–Kier alpha value is -1.26. The van der Waals surface area contributed by atoms with Gasteiger partial charge in [-0.1, -0.05) is 12.1 Å². The number of methoxy groups -OCH3 is 2. The van der Waals surface area contributed by atoms with Crippen LogP contribution in [0.15, 0.2) is 18.2 Å². The van der Waals surface area contributed by atoms with Gasteiger partial charge in [-0.3, -0.25) is 0 Å². The van der Waals surface area contributed by atoms with E-state index in [1.807, 2.05) is 18.2 Å². The van der Waals surface area contributed by atoms with Crippen LogP contribution in [0.5, 0.6) is 11.5 Å². The van der Waals surface area contributed by atoms with Crippen molar-refractivity contribution in [1.29, 1.82) is 0 Å². The highest BCUT2D eigenvalue weighted by atomic mass is 16.7. The first-order chi connectivity index (χ1) is 8.48. The van der Waals surface area contributed by atoms with Gasteiger partial charge in [0.25, 0.3) is 0 Å². The average Bonchev–Trinajstić information content (AvgIpc) is 2.33. The molecule has 0 aliphatic carbocycles. The van der Waals surface area contributed by atoms with Gasteiger partial charge in [-0.05, 0) is 26.8 Å². The lowest BCUT2D eigenvalue weighted by molar-refractivity contribution is 0.0483. The highest BCUT2D eigenvalue weighted by molar-refractivity contribution is 5.46. The molecule has 0 bridgehead atoms. The third kappa shape index (κ3) is 4.55. The molecule has 0 radical (unpaired) electrons. The van der Waals surface area contributed by atoms with Crippen molar-refractivity contribution in [3.63, 3.8) is 0 Å².